The summed E-state index contributed by atoms with van der Waals surface area (Å²) in [7, 11) is 0. The quantitative estimate of drug-likeness (QED) is 0.756. The topological polar surface area (TPSA) is 110 Å². The molecule has 0 aliphatic carbocycles. The van der Waals surface area contributed by atoms with Gasteiger partial charge in [0.05, 0.1) is 6.33 Å². The van der Waals surface area contributed by atoms with Crippen LogP contribution in [0.2, 0.25) is 0 Å². The van der Waals surface area contributed by atoms with E-state index in [1.165, 1.54) is 19.2 Å². The van der Waals surface area contributed by atoms with Gasteiger partial charge in [0.15, 0.2) is 5.52 Å². The van der Waals surface area contributed by atoms with E-state index in [-0.39, 0.29) is 17.0 Å². The normalized spacial score (nSPS) is 16.0. The van der Waals surface area contributed by atoms with E-state index in [0.717, 1.165) is 19.6 Å². The minimum absolute atomic E-state index is 0.0596. The maximum atomic E-state index is 12.0. The highest BCUT2D eigenvalue weighted by Gasteiger charge is 2.14. The first-order chi connectivity index (χ1) is 9.65. The molecule has 2 aromatic rings. The van der Waals surface area contributed by atoms with Crippen LogP contribution in [-0.2, 0) is 6.54 Å². The first-order valence-corrected chi connectivity index (χ1v) is 6.62. The van der Waals surface area contributed by atoms with E-state index in [9.17, 15) is 9.59 Å². The van der Waals surface area contributed by atoms with Crippen LogP contribution in [0.4, 0.5) is 5.95 Å². The fourth-order valence-corrected chi connectivity index (χ4v) is 2.57. The molecule has 8 nitrogen and oxygen atoms in total. The molecule has 0 unspecified atom stereocenters. The molecule has 3 N–H and O–H groups in total. The van der Waals surface area contributed by atoms with Crippen LogP contribution in [0, 0.1) is 0 Å². The van der Waals surface area contributed by atoms with Gasteiger partial charge in [-0.3, -0.25) is 14.6 Å². The monoisotopic (exact) mass is 276 g/mol. The molecule has 8 heteroatoms. The predicted molar refractivity (Wildman–Crippen MR) is 74.5 cm³/mol. The number of nitrogens with one attached hydrogen (secondary N) is 1. The van der Waals surface area contributed by atoms with Gasteiger partial charge in [-0.05, 0) is 25.9 Å². The van der Waals surface area contributed by atoms with Crippen molar-refractivity contribution in [1.29, 1.82) is 0 Å². The van der Waals surface area contributed by atoms with Crippen LogP contribution < -0.4 is 16.9 Å². The Kier molecular flexibility index (Phi) is 3.23. The molecule has 3 rings (SSSR count). The molecule has 0 atom stereocenters. The number of anilines is 1. The van der Waals surface area contributed by atoms with Crippen LogP contribution in [0.5, 0.6) is 0 Å². The highest BCUT2D eigenvalue weighted by Crippen LogP contribution is 2.08. The van der Waals surface area contributed by atoms with Crippen molar-refractivity contribution in [2.24, 2.45) is 0 Å². The summed E-state index contributed by atoms with van der Waals surface area (Å²) in [4.78, 5) is 36.1. The smallest absolute Gasteiger partial charge is 0.301 e. The predicted octanol–water partition coefficient (Wildman–Crippen LogP) is -0.842. The highest BCUT2D eigenvalue weighted by atomic mass is 16.1. The first kappa shape index (κ1) is 12.8. The van der Waals surface area contributed by atoms with Gasteiger partial charge in [0, 0.05) is 13.1 Å². The van der Waals surface area contributed by atoms with Crippen LogP contribution in [0.1, 0.15) is 12.8 Å². The number of rotatable bonds is 3. The van der Waals surface area contributed by atoms with Gasteiger partial charge >= 0.3 is 5.56 Å². The maximum Gasteiger partial charge on any atom is 0.301 e. The first-order valence-electron chi connectivity index (χ1n) is 6.62. The van der Waals surface area contributed by atoms with Gasteiger partial charge in [-0.15, -0.1) is 0 Å². The molecule has 2 aromatic heterocycles. The van der Waals surface area contributed by atoms with Crippen molar-refractivity contribution in [1.82, 2.24) is 24.4 Å². The summed E-state index contributed by atoms with van der Waals surface area (Å²) in [6, 6.07) is 0. The number of nitrogens with zero attached hydrogens (tertiary/aromatic N) is 4. The van der Waals surface area contributed by atoms with E-state index in [0.29, 0.717) is 6.54 Å². The summed E-state index contributed by atoms with van der Waals surface area (Å²) >= 11 is 0. The molecule has 0 radical (unpaired) electrons. The minimum Gasteiger partial charge on any atom is -0.369 e. The van der Waals surface area contributed by atoms with Crippen molar-refractivity contribution < 1.29 is 0 Å². The molecule has 20 heavy (non-hydrogen) atoms. The molecule has 1 saturated heterocycles. The molecular formula is C12H16N6O2. The number of fused-ring (bicyclic) bond motifs is 1. The summed E-state index contributed by atoms with van der Waals surface area (Å²) in [5.41, 5.74) is 4.70. The number of nitrogen functional groups attached to an aromatic ring is 1. The lowest BCUT2D eigenvalue weighted by Crippen LogP contribution is -2.24. The molecule has 0 bridgehead atoms. The molecule has 1 aliphatic heterocycles. The van der Waals surface area contributed by atoms with Crippen molar-refractivity contribution in [3.8, 4) is 0 Å². The van der Waals surface area contributed by atoms with Crippen molar-refractivity contribution in [2.45, 2.75) is 19.4 Å². The number of hydrogen-bond acceptors (Lipinski definition) is 6. The zero-order valence-corrected chi connectivity index (χ0v) is 11.0. The number of likely N-dealkylation sites (tertiary alicyclic amines) is 1. The number of nitrogens with two attached hydrogens (primary N) is 1. The zero-order chi connectivity index (χ0) is 14.1. The lowest BCUT2D eigenvalue weighted by molar-refractivity contribution is 0.324. The second-order valence-electron chi connectivity index (χ2n) is 4.94. The fourth-order valence-electron chi connectivity index (χ4n) is 2.57. The molecule has 0 spiro atoms. The van der Waals surface area contributed by atoms with E-state index in [2.05, 4.69) is 19.9 Å². The SMILES string of the molecule is Nc1nc(=O)c2ncn(CCN3CCCC3)c2c(=O)[nH]1. The molecule has 106 valence electrons. The van der Waals surface area contributed by atoms with Crippen molar-refractivity contribution in [3.63, 3.8) is 0 Å². The Labute approximate surface area is 114 Å². The van der Waals surface area contributed by atoms with E-state index in [1.54, 1.807) is 4.57 Å². The largest absolute Gasteiger partial charge is 0.369 e. The van der Waals surface area contributed by atoms with Gasteiger partial charge in [0.1, 0.15) is 5.52 Å². The molecule has 0 amide bonds. The van der Waals surface area contributed by atoms with Crippen LogP contribution in [-0.4, -0.2) is 44.1 Å². The van der Waals surface area contributed by atoms with Gasteiger partial charge in [-0.2, -0.15) is 4.98 Å². The van der Waals surface area contributed by atoms with Crippen LogP contribution >= 0.6 is 0 Å². The summed E-state index contributed by atoms with van der Waals surface area (Å²) in [5, 5.41) is 0. The van der Waals surface area contributed by atoms with Gasteiger partial charge in [-0.1, -0.05) is 0 Å². The minimum atomic E-state index is -0.587. The Morgan fingerprint density at radius 2 is 2.00 bits per heavy atom. The van der Waals surface area contributed by atoms with E-state index >= 15 is 0 Å². The Bertz CT molecular complexity index is 744. The number of hydrogen-bond donors (Lipinski definition) is 2. The second kappa shape index (κ2) is 5.04. The number of aromatic amines is 1. The zero-order valence-electron chi connectivity index (χ0n) is 11.0. The van der Waals surface area contributed by atoms with Crippen molar-refractivity contribution in [2.75, 3.05) is 25.4 Å². The fraction of sp³-hybridized carbons (Fsp3) is 0.500. The molecule has 1 fully saturated rings. The summed E-state index contributed by atoms with van der Waals surface area (Å²) in [6.45, 7) is 3.61. The number of aromatic nitrogens is 4. The maximum absolute atomic E-state index is 12.0. The Hall–Kier alpha value is -2.22. The average molecular weight is 276 g/mol. The molecule has 3 heterocycles. The Morgan fingerprint density at radius 3 is 2.75 bits per heavy atom. The van der Waals surface area contributed by atoms with Crippen molar-refractivity contribution in [3.05, 3.63) is 27.0 Å². The number of imidazole rings is 1. The third-order valence-electron chi connectivity index (χ3n) is 3.57. The van der Waals surface area contributed by atoms with Crippen LogP contribution in [0.3, 0.4) is 0 Å². The van der Waals surface area contributed by atoms with Crippen LogP contribution in [0.15, 0.2) is 15.9 Å². The van der Waals surface area contributed by atoms with Gasteiger partial charge in [0.2, 0.25) is 5.95 Å². The van der Waals surface area contributed by atoms with E-state index in [1.807, 2.05) is 0 Å². The average Bonchev–Trinajstić information content (AvgIpc) is 3.03. The highest BCUT2D eigenvalue weighted by molar-refractivity contribution is 5.72. The molecule has 0 aromatic carbocycles. The molecule has 0 saturated carbocycles. The van der Waals surface area contributed by atoms with E-state index in [4.69, 9.17) is 5.73 Å². The van der Waals surface area contributed by atoms with Gasteiger partial charge in [-0.25, -0.2) is 4.98 Å². The van der Waals surface area contributed by atoms with Crippen LogP contribution in [0.25, 0.3) is 11.0 Å². The number of H-pyrrole nitrogens is 1. The molecular weight excluding hydrogens is 260 g/mol. The van der Waals surface area contributed by atoms with E-state index < -0.39 is 11.1 Å². The summed E-state index contributed by atoms with van der Waals surface area (Å²) < 4.78 is 1.69. The second-order valence-corrected chi connectivity index (χ2v) is 4.94. The third kappa shape index (κ3) is 2.29. The standard InChI is InChI=1S/C12H16N6O2/c13-12-15-10(19)8-9(11(20)16-12)18(7-14-8)6-5-17-3-1-2-4-17/h7H,1-6H2,(H3,13,15,16,19,20). The molecule has 1 aliphatic rings. The van der Waals surface area contributed by atoms with Gasteiger partial charge < -0.3 is 15.2 Å². The third-order valence-corrected chi connectivity index (χ3v) is 3.57. The van der Waals surface area contributed by atoms with Crippen molar-refractivity contribution >= 4 is 17.0 Å². The Balaban J connectivity index is 2.00. The lowest BCUT2D eigenvalue weighted by Gasteiger charge is -2.14. The Morgan fingerprint density at radius 1 is 1.25 bits per heavy atom. The summed E-state index contributed by atoms with van der Waals surface area (Å²) in [6.07, 6.45) is 3.94. The summed E-state index contributed by atoms with van der Waals surface area (Å²) in [5.74, 6) is -0.191. The van der Waals surface area contributed by atoms with Gasteiger partial charge in [0.25, 0.3) is 5.56 Å². The lowest BCUT2D eigenvalue weighted by atomic mass is 10.4.